The summed E-state index contributed by atoms with van der Waals surface area (Å²) in [7, 11) is 0. The van der Waals surface area contributed by atoms with E-state index < -0.39 is 0 Å². The molecule has 0 saturated heterocycles. The van der Waals surface area contributed by atoms with E-state index in [1.54, 1.807) is 16.8 Å². The summed E-state index contributed by atoms with van der Waals surface area (Å²) in [5.74, 6) is 0.406. The Balaban J connectivity index is 2.34. The van der Waals surface area contributed by atoms with Crippen LogP contribution in [-0.4, -0.2) is 44.6 Å². The second-order valence-corrected chi connectivity index (χ2v) is 3.78. The van der Waals surface area contributed by atoms with Gasteiger partial charge in [0.2, 0.25) is 0 Å². The largest absolute Gasteiger partial charge is 0.396 e. The third kappa shape index (κ3) is 2.42. The summed E-state index contributed by atoms with van der Waals surface area (Å²) in [6.45, 7) is 0.111. The van der Waals surface area contributed by atoms with E-state index in [0.717, 1.165) is 5.39 Å². The lowest BCUT2D eigenvalue weighted by Gasteiger charge is -2.18. The average molecular weight is 252 g/mol. The first-order valence-electron chi connectivity index (χ1n) is 5.68. The second kappa shape index (κ2) is 5.76. The maximum Gasteiger partial charge on any atom is 0.147 e. The molecule has 18 heavy (non-hydrogen) atoms. The minimum Gasteiger partial charge on any atom is -0.396 e. The summed E-state index contributed by atoms with van der Waals surface area (Å²) in [5, 5.41) is 18.6. The van der Waals surface area contributed by atoms with Crippen LogP contribution in [0.1, 0.15) is 12.6 Å². The number of fused-ring (bicyclic) bond motifs is 1. The summed E-state index contributed by atoms with van der Waals surface area (Å²) in [5.41, 5.74) is 6.40. The maximum atomic E-state index is 9.05. The van der Waals surface area contributed by atoms with Gasteiger partial charge < -0.3 is 25.3 Å². The monoisotopic (exact) mass is 252 g/mol. The molecule has 0 aliphatic heterocycles. The zero-order valence-corrected chi connectivity index (χ0v) is 9.86. The Morgan fingerprint density at radius 1 is 1.33 bits per heavy atom. The van der Waals surface area contributed by atoms with Crippen molar-refractivity contribution in [2.45, 2.75) is 12.6 Å². The molecule has 0 aliphatic carbocycles. The van der Waals surface area contributed by atoms with Gasteiger partial charge in [0, 0.05) is 19.2 Å². The van der Waals surface area contributed by atoms with E-state index in [4.69, 9.17) is 20.7 Å². The van der Waals surface area contributed by atoms with Crippen molar-refractivity contribution in [1.29, 1.82) is 0 Å². The summed E-state index contributed by atoms with van der Waals surface area (Å²) in [4.78, 5) is 8.07. The fourth-order valence-corrected chi connectivity index (χ4v) is 1.82. The first kappa shape index (κ1) is 12.7. The van der Waals surface area contributed by atoms with E-state index in [9.17, 15) is 0 Å². The molecule has 2 rings (SSSR count). The summed E-state index contributed by atoms with van der Waals surface area (Å²) >= 11 is 0. The Kier molecular flexibility index (Phi) is 4.08. The van der Waals surface area contributed by atoms with Gasteiger partial charge in [-0.25, -0.2) is 9.97 Å². The minimum atomic E-state index is -0.381. The number of aliphatic hydroxyl groups excluding tert-OH is 2. The molecule has 0 bridgehead atoms. The predicted molar refractivity (Wildman–Crippen MR) is 65.7 cm³/mol. The van der Waals surface area contributed by atoms with Gasteiger partial charge in [0.1, 0.15) is 24.0 Å². The Morgan fingerprint density at radius 3 is 2.89 bits per heavy atom. The normalized spacial score (nSPS) is 13.0. The van der Waals surface area contributed by atoms with Crippen LogP contribution in [-0.2, 0) is 4.74 Å². The zero-order valence-electron chi connectivity index (χ0n) is 9.86. The van der Waals surface area contributed by atoms with Crippen LogP contribution in [0.15, 0.2) is 18.6 Å². The van der Waals surface area contributed by atoms with Crippen molar-refractivity contribution in [3.8, 4) is 0 Å². The van der Waals surface area contributed by atoms with E-state index in [-0.39, 0.29) is 26.0 Å². The molecule has 0 aliphatic rings. The third-order valence-corrected chi connectivity index (χ3v) is 2.63. The van der Waals surface area contributed by atoms with Crippen LogP contribution >= 0.6 is 0 Å². The fraction of sp³-hybridized carbons (Fsp3) is 0.455. The quantitative estimate of drug-likeness (QED) is 0.663. The highest BCUT2D eigenvalue weighted by atomic mass is 16.5. The first-order chi connectivity index (χ1) is 8.77. The van der Waals surface area contributed by atoms with Crippen molar-refractivity contribution in [3.63, 3.8) is 0 Å². The molecule has 2 heterocycles. The third-order valence-electron chi connectivity index (χ3n) is 2.63. The van der Waals surface area contributed by atoms with E-state index >= 15 is 0 Å². The molecule has 2 aromatic heterocycles. The molecule has 0 aromatic carbocycles. The number of nitrogen functional groups attached to an aromatic ring is 1. The number of aliphatic hydroxyl groups is 2. The number of rotatable bonds is 6. The van der Waals surface area contributed by atoms with Crippen LogP contribution in [0.25, 0.3) is 11.0 Å². The number of hydrogen-bond donors (Lipinski definition) is 3. The Hall–Kier alpha value is -1.70. The molecule has 7 nitrogen and oxygen atoms in total. The number of nitrogens with two attached hydrogens (primary N) is 1. The molecule has 0 saturated carbocycles. The Morgan fingerprint density at radius 2 is 2.17 bits per heavy atom. The lowest BCUT2D eigenvalue weighted by Crippen LogP contribution is -2.16. The average Bonchev–Trinajstić information content (AvgIpc) is 2.80. The Labute approximate surface area is 104 Å². The SMILES string of the molecule is Nc1ncnc2c1ccn2C(CCO)OCCO. The molecule has 98 valence electrons. The van der Waals surface area contributed by atoms with Crippen molar-refractivity contribution in [2.75, 3.05) is 25.6 Å². The zero-order chi connectivity index (χ0) is 13.0. The number of anilines is 1. The molecule has 7 heteroatoms. The van der Waals surface area contributed by atoms with E-state index in [0.29, 0.717) is 17.9 Å². The number of aromatic nitrogens is 3. The highest BCUT2D eigenvalue weighted by Crippen LogP contribution is 2.23. The van der Waals surface area contributed by atoms with Crippen LogP contribution < -0.4 is 5.73 Å². The van der Waals surface area contributed by atoms with Gasteiger partial charge in [0.05, 0.1) is 18.6 Å². The molecule has 2 aromatic rings. The minimum absolute atomic E-state index is 0.0175. The summed E-state index contributed by atoms with van der Waals surface area (Å²) < 4.78 is 7.25. The summed E-state index contributed by atoms with van der Waals surface area (Å²) in [6, 6.07) is 1.80. The smallest absolute Gasteiger partial charge is 0.147 e. The van der Waals surface area contributed by atoms with Crippen molar-refractivity contribution in [1.82, 2.24) is 14.5 Å². The van der Waals surface area contributed by atoms with Crippen molar-refractivity contribution in [3.05, 3.63) is 18.6 Å². The standard InChI is InChI=1S/C11H16N4O3/c12-10-8-1-3-15(11(8)14-7-13-10)9(2-4-16)18-6-5-17/h1,3,7,9,16-17H,2,4-6H2,(H2,12,13,14). The molecule has 0 spiro atoms. The molecule has 0 amide bonds. The number of hydrogen-bond acceptors (Lipinski definition) is 6. The van der Waals surface area contributed by atoms with Gasteiger partial charge in [-0.05, 0) is 6.07 Å². The second-order valence-electron chi connectivity index (χ2n) is 3.78. The van der Waals surface area contributed by atoms with Crippen molar-refractivity contribution < 1.29 is 14.9 Å². The summed E-state index contributed by atoms with van der Waals surface area (Å²) in [6.07, 6.45) is 3.20. The lowest BCUT2D eigenvalue weighted by atomic mass is 10.3. The predicted octanol–water partition coefficient (Wildman–Crippen LogP) is -0.0966. The van der Waals surface area contributed by atoms with E-state index in [2.05, 4.69) is 9.97 Å². The molecule has 1 atom stereocenters. The van der Waals surface area contributed by atoms with Gasteiger partial charge in [-0.1, -0.05) is 0 Å². The highest BCUT2D eigenvalue weighted by Gasteiger charge is 2.15. The number of ether oxygens (including phenoxy) is 1. The van der Waals surface area contributed by atoms with Gasteiger partial charge in [-0.2, -0.15) is 0 Å². The lowest BCUT2D eigenvalue weighted by molar-refractivity contribution is -0.0257. The first-order valence-corrected chi connectivity index (χ1v) is 5.68. The van der Waals surface area contributed by atoms with E-state index in [1.165, 1.54) is 6.33 Å². The fourth-order valence-electron chi connectivity index (χ4n) is 1.82. The van der Waals surface area contributed by atoms with E-state index in [1.807, 2.05) is 0 Å². The molecular formula is C11H16N4O3. The topological polar surface area (TPSA) is 106 Å². The molecule has 0 fully saturated rings. The molecule has 4 N–H and O–H groups in total. The molecular weight excluding hydrogens is 236 g/mol. The van der Waals surface area contributed by atoms with Crippen LogP contribution in [0.2, 0.25) is 0 Å². The van der Waals surface area contributed by atoms with Crippen molar-refractivity contribution in [2.24, 2.45) is 0 Å². The number of nitrogens with zero attached hydrogens (tertiary/aromatic N) is 3. The maximum absolute atomic E-state index is 9.05. The van der Waals surface area contributed by atoms with Crippen LogP contribution in [0.3, 0.4) is 0 Å². The van der Waals surface area contributed by atoms with Gasteiger partial charge in [0.25, 0.3) is 0 Å². The van der Waals surface area contributed by atoms with Crippen molar-refractivity contribution >= 4 is 16.9 Å². The molecule has 1 unspecified atom stereocenters. The van der Waals surface area contributed by atoms with Crippen LogP contribution in [0, 0.1) is 0 Å². The van der Waals surface area contributed by atoms with Gasteiger partial charge in [-0.3, -0.25) is 0 Å². The van der Waals surface area contributed by atoms with Crippen LogP contribution in [0.5, 0.6) is 0 Å². The Bertz CT molecular complexity index is 514. The molecule has 0 radical (unpaired) electrons. The van der Waals surface area contributed by atoms with Gasteiger partial charge in [0.15, 0.2) is 0 Å². The van der Waals surface area contributed by atoms with Crippen LogP contribution in [0.4, 0.5) is 5.82 Å². The van der Waals surface area contributed by atoms with Gasteiger partial charge in [-0.15, -0.1) is 0 Å². The highest BCUT2D eigenvalue weighted by molar-refractivity contribution is 5.86. The van der Waals surface area contributed by atoms with Gasteiger partial charge >= 0.3 is 0 Å².